The molecule has 0 bridgehead atoms. The summed E-state index contributed by atoms with van der Waals surface area (Å²) in [6.45, 7) is 3.21. The molecule has 0 atom stereocenters. The molecule has 0 spiro atoms. The van der Waals surface area contributed by atoms with Crippen molar-refractivity contribution in [2.24, 2.45) is 0 Å². The summed E-state index contributed by atoms with van der Waals surface area (Å²) in [4.78, 5) is 12.4. The van der Waals surface area contributed by atoms with E-state index in [1.54, 1.807) is 29.8 Å². The highest BCUT2D eigenvalue weighted by Gasteiger charge is 2.11. The Bertz CT molecular complexity index is 1000. The fourth-order valence-corrected chi connectivity index (χ4v) is 3.31. The lowest BCUT2D eigenvalue weighted by atomic mass is 10.1. The number of nitrogens with zero attached hydrogens (tertiary/aromatic N) is 2. The number of aryl methyl sites for hydroxylation is 2. The van der Waals surface area contributed by atoms with Crippen LogP contribution in [0.15, 0.2) is 48.5 Å². The van der Waals surface area contributed by atoms with Gasteiger partial charge < -0.3 is 10.1 Å². The molecule has 152 valence electrons. The number of benzene rings is 2. The van der Waals surface area contributed by atoms with Gasteiger partial charge in [0, 0.05) is 23.7 Å². The Labute approximate surface area is 184 Å². The first kappa shape index (κ1) is 21.5. The van der Waals surface area contributed by atoms with E-state index in [2.05, 4.69) is 10.4 Å². The monoisotopic (exact) mass is 451 g/mol. The van der Waals surface area contributed by atoms with Gasteiger partial charge in [0.1, 0.15) is 22.5 Å². The van der Waals surface area contributed by atoms with Crippen molar-refractivity contribution in [3.63, 3.8) is 0 Å². The van der Waals surface area contributed by atoms with Gasteiger partial charge in [-0.05, 0) is 49.2 Å². The number of hydrogen-bond donors (Lipinski definition) is 1. The standard InChI is InChI=1S/C21H20Cl3N3O2/c1-14-19(23)20(24)27(26-14)10-4-9-25-21(28)16-6-2-5-15(11-16)13-29-18-8-3-7-17(22)12-18/h2-3,5-8,11-12H,4,9-10,13H2,1H3,(H,25,28). The van der Waals surface area contributed by atoms with E-state index < -0.39 is 0 Å². The topological polar surface area (TPSA) is 56.2 Å². The Morgan fingerprint density at radius 1 is 1.14 bits per heavy atom. The molecule has 1 aromatic heterocycles. The second-order valence-electron chi connectivity index (χ2n) is 6.47. The number of rotatable bonds is 8. The number of carbonyl (C=O) groups excluding carboxylic acids is 1. The maximum Gasteiger partial charge on any atom is 0.251 e. The van der Waals surface area contributed by atoms with Crippen LogP contribution in [0.25, 0.3) is 0 Å². The highest BCUT2D eigenvalue weighted by atomic mass is 35.5. The van der Waals surface area contributed by atoms with E-state index in [0.29, 0.717) is 58.3 Å². The molecule has 1 amide bonds. The average molecular weight is 453 g/mol. The third kappa shape index (κ3) is 5.89. The van der Waals surface area contributed by atoms with Crippen LogP contribution in [0.2, 0.25) is 15.2 Å². The van der Waals surface area contributed by atoms with Crippen molar-refractivity contribution >= 4 is 40.7 Å². The Kier molecular flexibility index (Phi) is 7.42. The number of carbonyl (C=O) groups is 1. The van der Waals surface area contributed by atoms with Crippen molar-refractivity contribution in [2.45, 2.75) is 26.5 Å². The summed E-state index contributed by atoms with van der Waals surface area (Å²) >= 11 is 18.1. The number of nitrogens with one attached hydrogen (secondary N) is 1. The summed E-state index contributed by atoms with van der Waals surface area (Å²) in [6.07, 6.45) is 0.681. The van der Waals surface area contributed by atoms with Gasteiger partial charge in [-0.3, -0.25) is 9.48 Å². The third-order valence-corrected chi connectivity index (χ3v) is 5.39. The normalized spacial score (nSPS) is 10.8. The molecule has 8 heteroatoms. The van der Waals surface area contributed by atoms with Crippen molar-refractivity contribution in [2.75, 3.05) is 6.54 Å². The maximum atomic E-state index is 12.4. The largest absolute Gasteiger partial charge is 0.489 e. The molecule has 3 rings (SSSR count). The summed E-state index contributed by atoms with van der Waals surface area (Å²) < 4.78 is 7.37. The Morgan fingerprint density at radius 2 is 1.93 bits per heavy atom. The van der Waals surface area contributed by atoms with Crippen molar-refractivity contribution in [1.29, 1.82) is 0 Å². The highest BCUT2D eigenvalue weighted by Crippen LogP contribution is 2.25. The summed E-state index contributed by atoms with van der Waals surface area (Å²) in [6, 6.07) is 14.5. The number of amides is 1. The second kappa shape index (κ2) is 10.0. The molecule has 1 N–H and O–H groups in total. The van der Waals surface area contributed by atoms with Gasteiger partial charge >= 0.3 is 0 Å². The van der Waals surface area contributed by atoms with E-state index in [1.165, 1.54) is 0 Å². The Balaban J connectivity index is 1.49. The number of ether oxygens (including phenoxy) is 1. The Morgan fingerprint density at radius 3 is 2.66 bits per heavy atom. The molecule has 1 heterocycles. The van der Waals surface area contributed by atoms with Crippen LogP contribution in [0.1, 0.15) is 28.0 Å². The molecule has 0 radical (unpaired) electrons. The predicted molar refractivity (Wildman–Crippen MR) is 116 cm³/mol. The maximum absolute atomic E-state index is 12.4. The van der Waals surface area contributed by atoms with Crippen LogP contribution in [-0.2, 0) is 13.2 Å². The first-order chi connectivity index (χ1) is 13.9. The molecule has 0 fully saturated rings. The molecule has 2 aromatic carbocycles. The van der Waals surface area contributed by atoms with Gasteiger partial charge in [0.15, 0.2) is 0 Å². The zero-order valence-electron chi connectivity index (χ0n) is 15.8. The van der Waals surface area contributed by atoms with Gasteiger partial charge in [-0.25, -0.2) is 0 Å². The fraction of sp³-hybridized carbons (Fsp3) is 0.238. The lowest BCUT2D eigenvalue weighted by molar-refractivity contribution is 0.0952. The van der Waals surface area contributed by atoms with Crippen LogP contribution < -0.4 is 10.1 Å². The van der Waals surface area contributed by atoms with Crippen molar-refractivity contribution < 1.29 is 9.53 Å². The summed E-state index contributed by atoms with van der Waals surface area (Å²) in [5.74, 6) is 0.537. The lowest BCUT2D eigenvalue weighted by Gasteiger charge is -2.09. The smallest absolute Gasteiger partial charge is 0.251 e. The Hall–Kier alpha value is -2.21. The SMILES string of the molecule is Cc1nn(CCCNC(=O)c2cccc(COc3cccc(Cl)c3)c2)c(Cl)c1Cl. The van der Waals surface area contributed by atoms with Crippen molar-refractivity contribution in [3.05, 3.63) is 80.6 Å². The van der Waals surface area contributed by atoms with E-state index >= 15 is 0 Å². The quantitative estimate of drug-likeness (QED) is 0.456. The molecular weight excluding hydrogens is 433 g/mol. The summed E-state index contributed by atoms with van der Waals surface area (Å²) in [5, 5.41) is 8.67. The van der Waals surface area contributed by atoms with Crippen LogP contribution >= 0.6 is 34.8 Å². The molecular formula is C21H20Cl3N3O2. The van der Waals surface area contributed by atoms with E-state index in [1.807, 2.05) is 30.3 Å². The predicted octanol–water partition coefficient (Wildman–Crippen LogP) is 5.55. The van der Waals surface area contributed by atoms with Crippen LogP contribution in [0.4, 0.5) is 0 Å². The van der Waals surface area contributed by atoms with E-state index in [9.17, 15) is 4.79 Å². The van der Waals surface area contributed by atoms with E-state index in [4.69, 9.17) is 39.5 Å². The number of hydrogen-bond acceptors (Lipinski definition) is 3. The molecule has 0 aliphatic carbocycles. The van der Waals surface area contributed by atoms with Gasteiger partial charge in [0.05, 0.1) is 5.69 Å². The first-order valence-corrected chi connectivity index (χ1v) is 10.2. The summed E-state index contributed by atoms with van der Waals surface area (Å²) in [7, 11) is 0. The van der Waals surface area contributed by atoms with E-state index in [-0.39, 0.29) is 5.91 Å². The van der Waals surface area contributed by atoms with Crippen LogP contribution in [0, 0.1) is 6.92 Å². The molecule has 5 nitrogen and oxygen atoms in total. The van der Waals surface area contributed by atoms with Crippen molar-refractivity contribution in [1.82, 2.24) is 15.1 Å². The molecule has 0 aliphatic heterocycles. The lowest BCUT2D eigenvalue weighted by Crippen LogP contribution is -2.25. The fourth-order valence-electron chi connectivity index (χ4n) is 2.74. The van der Waals surface area contributed by atoms with Gasteiger partial charge in [0.25, 0.3) is 5.91 Å². The highest BCUT2D eigenvalue weighted by molar-refractivity contribution is 6.41. The average Bonchev–Trinajstić information content (AvgIpc) is 2.96. The molecule has 3 aromatic rings. The zero-order valence-corrected chi connectivity index (χ0v) is 18.1. The minimum atomic E-state index is -0.143. The number of aromatic nitrogens is 2. The van der Waals surface area contributed by atoms with Gasteiger partial charge in [-0.1, -0.05) is 53.0 Å². The van der Waals surface area contributed by atoms with Gasteiger partial charge in [0.2, 0.25) is 0 Å². The van der Waals surface area contributed by atoms with E-state index in [0.717, 1.165) is 5.56 Å². The third-order valence-electron chi connectivity index (χ3n) is 4.22. The molecule has 0 unspecified atom stereocenters. The van der Waals surface area contributed by atoms with Crippen molar-refractivity contribution in [3.8, 4) is 5.75 Å². The molecule has 29 heavy (non-hydrogen) atoms. The van der Waals surface area contributed by atoms with Crippen LogP contribution in [0.3, 0.4) is 0 Å². The number of halogens is 3. The minimum absolute atomic E-state index is 0.143. The van der Waals surface area contributed by atoms with Gasteiger partial charge in [-0.15, -0.1) is 0 Å². The van der Waals surface area contributed by atoms with Crippen LogP contribution in [-0.4, -0.2) is 22.2 Å². The first-order valence-electron chi connectivity index (χ1n) is 9.08. The molecule has 0 saturated heterocycles. The molecule has 0 saturated carbocycles. The van der Waals surface area contributed by atoms with Crippen LogP contribution in [0.5, 0.6) is 5.75 Å². The minimum Gasteiger partial charge on any atom is -0.489 e. The second-order valence-corrected chi connectivity index (χ2v) is 7.64. The van der Waals surface area contributed by atoms with Gasteiger partial charge in [-0.2, -0.15) is 5.10 Å². The zero-order chi connectivity index (χ0) is 20.8. The summed E-state index contributed by atoms with van der Waals surface area (Å²) in [5.41, 5.74) is 2.16. The molecule has 0 aliphatic rings.